The van der Waals surface area contributed by atoms with Crippen LogP contribution in [-0.2, 0) is 20.6 Å². The first kappa shape index (κ1) is 17.5. The third-order valence-electron chi connectivity index (χ3n) is 3.28. The topological polar surface area (TPSA) is 92.7 Å². The Kier molecular flexibility index (Phi) is 6.17. The Bertz CT molecular complexity index is 585. The molecule has 0 aromatic heterocycles. The van der Waals surface area contributed by atoms with E-state index in [1.54, 1.807) is 31.2 Å². The van der Waals surface area contributed by atoms with Crippen LogP contribution in [0.25, 0.3) is 0 Å². The standard InChI is InChI=1S/C14H21NO5S/c1-4-10(2)13(14(16)17)15-21(18,19)9-11-6-5-7-12(8-11)20-3/h5-8,10,13,15H,4,9H2,1-3H3,(H,16,17)/t10-,13-/m0/s1. The summed E-state index contributed by atoms with van der Waals surface area (Å²) in [5.74, 6) is -1.19. The number of carboxylic acid groups (broad SMARTS) is 1. The molecule has 0 amide bonds. The first-order chi connectivity index (χ1) is 9.79. The van der Waals surface area contributed by atoms with Crippen molar-refractivity contribution in [2.24, 2.45) is 5.92 Å². The summed E-state index contributed by atoms with van der Waals surface area (Å²) in [5.41, 5.74) is 0.537. The van der Waals surface area contributed by atoms with Crippen LogP contribution in [0.1, 0.15) is 25.8 Å². The maximum atomic E-state index is 12.1. The van der Waals surface area contributed by atoms with Crippen LogP contribution in [0, 0.1) is 5.92 Å². The van der Waals surface area contributed by atoms with Gasteiger partial charge < -0.3 is 9.84 Å². The lowest BCUT2D eigenvalue weighted by atomic mass is 10.0. The highest BCUT2D eigenvalue weighted by atomic mass is 32.2. The lowest BCUT2D eigenvalue weighted by Crippen LogP contribution is -2.45. The van der Waals surface area contributed by atoms with Crippen LogP contribution in [-0.4, -0.2) is 32.6 Å². The molecule has 1 aromatic rings. The molecule has 6 nitrogen and oxygen atoms in total. The van der Waals surface area contributed by atoms with Crippen molar-refractivity contribution < 1.29 is 23.1 Å². The molecule has 0 unspecified atom stereocenters. The van der Waals surface area contributed by atoms with Gasteiger partial charge in [-0.15, -0.1) is 0 Å². The fourth-order valence-electron chi connectivity index (χ4n) is 1.86. The van der Waals surface area contributed by atoms with Crippen molar-refractivity contribution in [3.8, 4) is 5.75 Å². The summed E-state index contributed by atoms with van der Waals surface area (Å²) < 4.78 is 31.5. The van der Waals surface area contributed by atoms with E-state index in [0.717, 1.165) is 0 Å². The molecule has 0 fully saturated rings. The van der Waals surface area contributed by atoms with Gasteiger partial charge in [0, 0.05) is 0 Å². The predicted octanol–water partition coefficient (Wildman–Crippen LogP) is 1.61. The van der Waals surface area contributed by atoms with Crippen LogP contribution in [0.4, 0.5) is 0 Å². The summed E-state index contributed by atoms with van der Waals surface area (Å²) in [7, 11) is -2.25. The van der Waals surface area contributed by atoms with Crippen LogP contribution in [0.15, 0.2) is 24.3 Å². The summed E-state index contributed by atoms with van der Waals surface area (Å²) in [4.78, 5) is 11.2. The Balaban J connectivity index is 2.87. The molecule has 7 heteroatoms. The second-order valence-corrected chi connectivity index (χ2v) is 6.68. The highest BCUT2D eigenvalue weighted by Gasteiger charge is 2.28. The van der Waals surface area contributed by atoms with Gasteiger partial charge in [-0.2, -0.15) is 0 Å². The van der Waals surface area contributed by atoms with E-state index in [1.807, 2.05) is 6.92 Å². The van der Waals surface area contributed by atoms with Gasteiger partial charge in [0.25, 0.3) is 0 Å². The quantitative estimate of drug-likeness (QED) is 0.760. The fourth-order valence-corrected chi connectivity index (χ4v) is 3.28. The molecule has 0 aliphatic heterocycles. The van der Waals surface area contributed by atoms with Gasteiger partial charge in [-0.1, -0.05) is 32.4 Å². The highest BCUT2D eigenvalue weighted by molar-refractivity contribution is 7.88. The molecule has 0 saturated heterocycles. The van der Waals surface area contributed by atoms with Gasteiger partial charge in [0.2, 0.25) is 10.0 Å². The Morgan fingerprint density at radius 3 is 2.62 bits per heavy atom. The average molecular weight is 315 g/mol. The third-order valence-corrected chi connectivity index (χ3v) is 4.60. The van der Waals surface area contributed by atoms with E-state index in [4.69, 9.17) is 9.84 Å². The summed E-state index contributed by atoms with van der Waals surface area (Å²) >= 11 is 0. The molecule has 118 valence electrons. The largest absolute Gasteiger partial charge is 0.497 e. The number of methoxy groups -OCH3 is 1. The second kappa shape index (κ2) is 7.42. The monoisotopic (exact) mass is 315 g/mol. The molecule has 0 saturated carbocycles. The molecular formula is C14H21NO5S. The zero-order valence-electron chi connectivity index (χ0n) is 12.4. The molecule has 2 atom stereocenters. The number of nitrogens with one attached hydrogen (secondary N) is 1. The van der Waals surface area contributed by atoms with E-state index in [9.17, 15) is 13.2 Å². The van der Waals surface area contributed by atoms with Gasteiger partial charge in [0.05, 0.1) is 12.9 Å². The number of sulfonamides is 1. The number of hydrogen-bond acceptors (Lipinski definition) is 4. The van der Waals surface area contributed by atoms with Crippen LogP contribution in [0.2, 0.25) is 0 Å². The number of aliphatic carboxylic acids is 1. The minimum atomic E-state index is -3.75. The molecule has 2 N–H and O–H groups in total. The summed E-state index contributed by atoms with van der Waals surface area (Å²) in [6, 6.07) is 5.54. The summed E-state index contributed by atoms with van der Waals surface area (Å²) in [5, 5.41) is 9.14. The minimum Gasteiger partial charge on any atom is -0.497 e. The molecular weight excluding hydrogens is 294 g/mol. The van der Waals surface area contributed by atoms with Crippen molar-refractivity contribution in [2.45, 2.75) is 32.1 Å². The number of carbonyl (C=O) groups is 1. The van der Waals surface area contributed by atoms with Crippen molar-refractivity contribution in [1.82, 2.24) is 4.72 Å². The molecule has 1 aromatic carbocycles. The van der Waals surface area contributed by atoms with Gasteiger partial charge in [-0.3, -0.25) is 4.79 Å². The molecule has 0 aliphatic carbocycles. The van der Waals surface area contributed by atoms with E-state index in [1.165, 1.54) is 7.11 Å². The smallest absolute Gasteiger partial charge is 0.322 e. The molecule has 0 bridgehead atoms. The van der Waals surface area contributed by atoms with E-state index >= 15 is 0 Å². The van der Waals surface area contributed by atoms with Gasteiger partial charge in [-0.05, 0) is 23.6 Å². The van der Waals surface area contributed by atoms with E-state index in [0.29, 0.717) is 17.7 Å². The Morgan fingerprint density at radius 2 is 2.10 bits per heavy atom. The number of carboxylic acids is 1. The second-order valence-electron chi connectivity index (χ2n) is 4.93. The lowest BCUT2D eigenvalue weighted by molar-refractivity contribution is -0.140. The van der Waals surface area contributed by atoms with Crippen molar-refractivity contribution in [1.29, 1.82) is 0 Å². The lowest BCUT2D eigenvalue weighted by Gasteiger charge is -2.20. The van der Waals surface area contributed by atoms with Crippen LogP contribution < -0.4 is 9.46 Å². The molecule has 0 spiro atoms. The molecule has 0 aliphatic rings. The zero-order valence-corrected chi connectivity index (χ0v) is 13.2. The van der Waals surface area contributed by atoms with Crippen molar-refractivity contribution >= 4 is 16.0 Å². The number of rotatable bonds is 8. The van der Waals surface area contributed by atoms with E-state index < -0.39 is 22.0 Å². The van der Waals surface area contributed by atoms with Gasteiger partial charge in [-0.25, -0.2) is 13.1 Å². The SMILES string of the molecule is CC[C@H](C)[C@H](NS(=O)(=O)Cc1cccc(OC)c1)C(=O)O. The van der Waals surface area contributed by atoms with Gasteiger partial charge in [0.15, 0.2) is 0 Å². The maximum absolute atomic E-state index is 12.1. The third kappa shape index (κ3) is 5.35. The summed E-state index contributed by atoms with van der Waals surface area (Å²) in [6.45, 7) is 3.52. The Morgan fingerprint density at radius 1 is 1.43 bits per heavy atom. The Labute approximate surface area is 125 Å². The van der Waals surface area contributed by atoms with Crippen LogP contribution in [0.3, 0.4) is 0 Å². The molecule has 21 heavy (non-hydrogen) atoms. The van der Waals surface area contributed by atoms with Gasteiger partial charge in [0.1, 0.15) is 11.8 Å². The Hall–Kier alpha value is -1.60. The maximum Gasteiger partial charge on any atom is 0.322 e. The van der Waals surface area contributed by atoms with Crippen molar-refractivity contribution in [3.05, 3.63) is 29.8 Å². The van der Waals surface area contributed by atoms with Crippen molar-refractivity contribution in [3.63, 3.8) is 0 Å². The predicted molar refractivity (Wildman–Crippen MR) is 79.6 cm³/mol. The number of benzene rings is 1. The van der Waals surface area contributed by atoms with E-state index in [2.05, 4.69) is 4.72 Å². The molecule has 0 radical (unpaired) electrons. The first-order valence-electron chi connectivity index (χ1n) is 6.64. The van der Waals surface area contributed by atoms with Crippen molar-refractivity contribution in [2.75, 3.05) is 7.11 Å². The van der Waals surface area contributed by atoms with E-state index in [-0.39, 0.29) is 11.7 Å². The first-order valence-corrected chi connectivity index (χ1v) is 8.30. The van der Waals surface area contributed by atoms with Gasteiger partial charge >= 0.3 is 5.97 Å². The zero-order chi connectivity index (χ0) is 16.0. The highest BCUT2D eigenvalue weighted by Crippen LogP contribution is 2.16. The molecule has 0 heterocycles. The number of ether oxygens (including phenoxy) is 1. The normalized spacial score (nSPS) is 14.4. The summed E-state index contributed by atoms with van der Waals surface area (Å²) in [6.07, 6.45) is 0.568. The number of hydrogen-bond donors (Lipinski definition) is 2. The van der Waals surface area contributed by atoms with Crippen LogP contribution in [0.5, 0.6) is 5.75 Å². The molecule has 1 rings (SSSR count). The van der Waals surface area contributed by atoms with Crippen LogP contribution >= 0.6 is 0 Å². The minimum absolute atomic E-state index is 0.287. The average Bonchev–Trinajstić information content (AvgIpc) is 2.43. The fraction of sp³-hybridized carbons (Fsp3) is 0.500.